The van der Waals surface area contributed by atoms with Gasteiger partial charge in [0.2, 0.25) is 0 Å². The van der Waals surface area contributed by atoms with Crippen LogP contribution in [0.4, 0.5) is 5.69 Å². The van der Waals surface area contributed by atoms with Crippen molar-refractivity contribution in [2.45, 2.75) is 26.3 Å². The Balaban J connectivity index is 2.61. The zero-order valence-electron chi connectivity index (χ0n) is 13.2. The Hall–Kier alpha value is -1.88. The van der Waals surface area contributed by atoms with E-state index in [9.17, 15) is 9.59 Å². The van der Waals surface area contributed by atoms with Crippen molar-refractivity contribution in [2.75, 3.05) is 32.1 Å². The minimum atomic E-state index is -0.197. The van der Waals surface area contributed by atoms with Crippen LogP contribution in [-0.2, 0) is 9.53 Å². The quantitative estimate of drug-likeness (QED) is 0.585. The predicted octanol–water partition coefficient (Wildman–Crippen LogP) is 1.87. The highest BCUT2D eigenvalue weighted by atomic mass is 16.5. The summed E-state index contributed by atoms with van der Waals surface area (Å²) in [5, 5.41) is 2.93. The van der Waals surface area contributed by atoms with Crippen molar-refractivity contribution in [2.24, 2.45) is 0 Å². The molecule has 5 nitrogen and oxygen atoms in total. The third kappa shape index (κ3) is 5.19. The second-order valence-corrected chi connectivity index (χ2v) is 4.90. The first kappa shape index (κ1) is 17.2. The van der Waals surface area contributed by atoms with Gasteiger partial charge in [0.05, 0.1) is 19.1 Å². The maximum atomic E-state index is 12.0. The number of rotatable bonds is 8. The number of hydrogen-bond acceptors (Lipinski definition) is 5. The van der Waals surface area contributed by atoms with Gasteiger partial charge in [-0.3, -0.25) is 9.59 Å². The highest BCUT2D eigenvalue weighted by molar-refractivity contribution is 6.00. The van der Waals surface area contributed by atoms with Crippen LogP contribution in [-0.4, -0.2) is 45.0 Å². The molecule has 21 heavy (non-hydrogen) atoms. The summed E-state index contributed by atoms with van der Waals surface area (Å²) in [4.78, 5) is 25.3. The molecule has 0 aromatic heterocycles. The van der Waals surface area contributed by atoms with Crippen LogP contribution >= 0.6 is 0 Å². The molecule has 0 saturated heterocycles. The molecular weight excluding hydrogens is 268 g/mol. The van der Waals surface area contributed by atoms with Crippen molar-refractivity contribution < 1.29 is 14.3 Å². The molecule has 0 spiro atoms. The molecule has 1 unspecified atom stereocenters. The van der Waals surface area contributed by atoms with Gasteiger partial charge in [-0.05, 0) is 45.2 Å². The summed E-state index contributed by atoms with van der Waals surface area (Å²) in [5.74, 6) is -0.128. The lowest BCUT2D eigenvalue weighted by Crippen LogP contribution is -2.30. The molecule has 1 aromatic carbocycles. The number of Topliss-reactive ketones (excluding diaryl/α,β-unsaturated/α-hetero) is 1. The third-order valence-corrected chi connectivity index (χ3v) is 3.38. The number of ketones is 1. The van der Waals surface area contributed by atoms with Gasteiger partial charge in [-0.25, -0.2) is 0 Å². The molecule has 0 radical (unpaired) electrons. The molecular formula is C16H24N2O3. The summed E-state index contributed by atoms with van der Waals surface area (Å²) in [6.07, 6.45) is 0.349. The Labute approximate surface area is 126 Å². The highest BCUT2D eigenvalue weighted by Gasteiger charge is 2.13. The number of ether oxygens (including phenoxy) is 1. The molecule has 0 fully saturated rings. The normalized spacial score (nSPS) is 11.8. The van der Waals surface area contributed by atoms with Crippen LogP contribution in [0, 0.1) is 0 Å². The Kier molecular flexibility index (Phi) is 6.88. The van der Waals surface area contributed by atoms with Crippen LogP contribution in [0.15, 0.2) is 24.3 Å². The van der Waals surface area contributed by atoms with Gasteiger partial charge < -0.3 is 15.0 Å². The second-order valence-electron chi connectivity index (χ2n) is 4.90. The molecule has 1 atom stereocenters. The molecule has 0 amide bonds. The molecule has 0 aliphatic heterocycles. The first-order valence-electron chi connectivity index (χ1n) is 7.17. The smallest absolute Gasteiger partial charge is 0.307 e. The van der Waals surface area contributed by atoms with E-state index in [1.54, 1.807) is 14.0 Å². The lowest BCUT2D eigenvalue weighted by atomic mass is 10.1. The van der Waals surface area contributed by atoms with Crippen molar-refractivity contribution in [3.8, 4) is 0 Å². The van der Waals surface area contributed by atoms with Gasteiger partial charge >= 0.3 is 5.97 Å². The van der Waals surface area contributed by atoms with E-state index in [1.165, 1.54) is 0 Å². The maximum Gasteiger partial charge on any atom is 0.307 e. The van der Waals surface area contributed by atoms with Crippen LogP contribution in [0.1, 0.15) is 30.6 Å². The Bertz CT molecular complexity index is 471. The number of esters is 1. The second kappa shape index (κ2) is 8.42. The minimum Gasteiger partial charge on any atom is -0.466 e. The largest absolute Gasteiger partial charge is 0.466 e. The minimum absolute atomic E-state index is 0.0678. The maximum absolute atomic E-state index is 12.0. The van der Waals surface area contributed by atoms with Crippen molar-refractivity contribution in [3.05, 3.63) is 29.8 Å². The highest BCUT2D eigenvalue weighted by Crippen LogP contribution is 2.15. The fourth-order valence-corrected chi connectivity index (χ4v) is 1.88. The number of nitrogens with zero attached hydrogens (tertiary/aromatic N) is 1. The lowest BCUT2D eigenvalue weighted by molar-refractivity contribution is -0.142. The first-order chi connectivity index (χ1) is 9.99. The van der Waals surface area contributed by atoms with Gasteiger partial charge in [-0.15, -0.1) is 0 Å². The summed E-state index contributed by atoms with van der Waals surface area (Å²) < 4.78 is 4.90. The Morgan fingerprint density at radius 3 is 2.43 bits per heavy atom. The van der Waals surface area contributed by atoms with Gasteiger partial charge in [0.25, 0.3) is 0 Å². The molecule has 1 N–H and O–H groups in total. The summed E-state index contributed by atoms with van der Waals surface area (Å²) in [7, 11) is 3.67. The predicted molar refractivity (Wildman–Crippen MR) is 83.8 cm³/mol. The fraction of sp³-hybridized carbons (Fsp3) is 0.500. The van der Waals surface area contributed by atoms with Crippen molar-refractivity contribution in [1.29, 1.82) is 0 Å². The molecule has 0 heterocycles. The molecule has 0 aliphatic carbocycles. The molecule has 1 aromatic rings. The molecule has 0 saturated carbocycles. The van der Waals surface area contributed by atoms with Crippen LogP contribution < -0.4 is 10.2 Å². The van der Waals surface area contributed by atoms with Crippen LogP contribution in [0.2, 0.25) is 0 Å². The number of nitrogens with one attached hydrogen (secondary N) is 1. The first-order valence-corrected chi connectivity index (χ1v) is 7.17. The number of benzene rings is 1. The van der Waals surface area contributed by atoms with Crippen molar-refractivity contribution in [3.63, 3.8) is 0 Å². The van der Waals surface area contributed by atoms with E-state index < -0.39 is 0 Å². The van der Waals surface area contributed by atoms with E-state index in [0.29, 0.717) is 25.1 Å². The van der Waals surface area contributed by atoms with Gasteiger partial charge in [0, 0.05) is 24.8 Å². The molecule has 116 valence electrons. The monoisotopic (exact) mass is 292 g/mol. The van der Waals surface area contributed by atoms with E-state index in [4.69, 9.17) is 4.74 Å². The van der Waals surface area contributed by atoms with Crippen molar-refractivity contribution in [1.82, 2.24) is 5.32 Å². The van der Waals surface area contributed by atoms with Gasteiger partial charge in [-0.2, -0.15) is 0 Å². The average Bonchev–Trinajstić information content (AvgIpc) is 2.51. The average molecular weight is 292 g/mol. The molecule has 5 heteroatoms. The summed E-state index contributed by atoms with van der Waals surface area (Å²) in [6.45, 7) is 4.62. The summed E-state index contributed by atoms with van der Waals surface area (Å²) >= 11 is 0. The number of carbonyl (C=O) groups is 2. The van der Waals surface area contributed by atoms with E-state index in [2.05, 4.69) is 5.32 Å². The van der Waals surface area contributed by atoms with Crippen LogP contribution in [0.5, 0.6) is 0 Å². The Morgan fingerprint density at radius 1 is 1.29 bits per heavy atom. The molecule has 1 rings (SSSR count). The van der Waals surface area contributed by atoms with Crippen molar-refractivity contribution >= 4 is 17.4 Å². The fourth-order valence-electron chi connectivity index (χ4n) is 1.88. The van der Waals surface area contributed by atoms with Crippen LogP contribution in [0.3, 0.4) is 0 Å². The third-order valence-electron chi connectivity index (χ3n) is 3.38. The summed E-state index contributed by atoms with van der Waals surface area (Å²) in [6, 6.07) is 7.21. The lowest BCUT2D eigenvalue weighted by Gasteiger charge is -2.19. The number of carbonyl (C=O) groups excluding carboxylic acids is 2. The zero-order chi connectivity index (χ0) is 15.8. The van der Waals surface area contributed by atoms with Gasteiger partial charge in [-0.1, -0.05) is 0 Å². The molecule has 0 bridgehead atoms. The number of anilines is 1. The SMILES string of the molecule is CCOC(=O)CCN(C)c1ccc(C(=O)C(C)NC)cc1. The van der Waals surface area contributed by atoms with E-state index in [-0.39, 0.29) is 17.8 Å². The Morgan fingerprint density at radius 2 is 1.90 bits per heavy atom. The standard InChI is InChI=1S/C16H24N2O3/c1-5-21-15(19)10-11-18(4)14-8-6-13(7-9-14)16(20)12(2)17-3/h6-9,12,17H,5,10-11H2,1-4H3. The molecule has 0 aliphatic rings. The number of likely N-dealkylation sites (N-methyl/N-ethyl adjacent to an activating group) is 1. The van der Waals surface area contributed by atoms with E-state index in [1.807, 2.05) is 43.1 Å². The van der Waals surface area contributed by atoms with Crippen LogP contribution in [0.25, 0.3) is 0 Å². The number of hydrogen-bond donors (Lipinski definition) is 1. The summed E-state index contributed by atoms with van der Waals surface area (Å²) in [5.41, 5.74) is 1.65. The van der Waals surface area contributed by atoms with Gasteiger partial charge in [0.15, 0.2) is 5.78 Å². The van der Waals surface area contributed by atoms with Gasteiger partial charge in [0.1, 0.15) is 0 Å². The topological polar surface area (TPSA) is 58.6 Å². The van der Waals surface area contributed by atoms with E-state index >= 15 is 0 Å². The zero-order valence-corrected chi connectivity index (χ0v) is 13.2. The van der Waals surface area contributed by atoms with E-state index in [0.717, 1.165) is 5.69 Å².